The SMILES string of the molecule is Cc1cc(C(C)(C)C)ccc1/C=C/CCC(C)(C)O. The van der Waals surface area contributed by atoms with E-state index in [4.69, 9.17) is 0 Å². The molecule has 0 aromatic heterocycles. The summed E-state index contributed by atoms with van der Waals surface area (Å²) >= 11 is 0. The van der Waals surface area contributed by atoms with Crippen LogP contribution in [-0.2, 0) is 5.41 Å². The summed E-state index contributed by atoms with van der Waals surface area (Å²) in [5.41, 5.74) is 3.58. The molecule has 0 radical (unpaired) electrons. The highest BCUT2D eigenvalue weighted by atomic mass is 16.3. The first kappa shape index (κ1) is 16.0. The molecular weight excluding hydrogens is 232 g/mol. The van der Waals surface area contributed by atoms with Gasteiger partial charge in [-0.3, -0.25) is 0 Å². The molecular formula is C18H28O. The molecule has 0 atom stereocenters. The van der Waals surface area contributed by atoms with Gasteiger partial charge in [-0.2, -0.15) is 0 Å². The molecule has 0 aliphatic heterocycles. The molecule has 0 saturated heterocycles. The fourth-order valence-corrected chi connectivity index (χ4v) is 1.98. The second-order valence-electron chi connectivity index (χ2n) is 7.07. The van der Waals surface area contributed by atoms with E-state index in [9.17, 15) is 5.11 Å². The minimum atomic E-state index is -0.574. The molecule has 1 aromatic carbocycles. The third-order valence-corrected chi connectivity index (χ3v) is 3.36. The van der Waals surface area contributed by atoms with E-state index in [0.717, 1.165) is 12.8 Å². The highest BCUT2D eigenvalue weighted by Crippen LogP contribution is 2.25. The molecule has 1 N–H and O–H groups in total. The molecule has 19 heavy (non-hydrogen) atoms. The van der Waals surface area contributed by atoms with Crippen molar-refractivity contribution in [3.05, 3.63) is 41.0 Å². The quantitative estimate of drug-likeness (QED) is 0.820. The molecule has 1 heteroatoms. The molecule has 1 aromatic rings. The van der Waals surface area contributed by atoms with Gasteiger partial charge in [-0.05, 0) is 55.7 Å². The van der Waals surface area contributed by atoms with Crippen LogP contribution < -0.4 is 0 Å². The van der Waals surface area contributed by atoms with Crippen molar-refractivity contribution in [1.29, 1.82) is 0 Å². The number of benzene rings is 1. The average Bonchev–Trinajstić information content (AvgIpc) is 2.23. The molecule has 106 valence electrons. The average molecular weight is 260 g/mol. The topological polar surface area (TPSA) is 20.2 Å². The third-order valence-electron chi connectivity index (χ3n) is 3.36. The van der Waals surface area contributed by atoms with Crippen LogP contribution in [0.25, 0.3) is 6.08 Å². The number of aryl methyl sites for hydroxylation is 1. The lowest BCUT2D eigenvalue weighted by molar-refractivity contribution is 0.0722. The fraction of sp³-hybridized carbons (Fsp3) is 0.556. The van der Waals surface area contributed by atoms with Gasteiger partial charge >= 0.3 is 0 Å². The Balaban J connectivity index is 2.73. The summed E-state index contributed by atoms with van der Waals surface area (Å²) < 4.78 is 0. The Morgan fingerprint density at radius 1 is 1.11 bits per heavy atom. The molecule has 1 nitrogen and oxygen atoms in total. The fourth-order valence-electron chi connectivity index (χ4n) is 1.98. The zero-order valence-electron chi connectivity index (χ0n) is 13.2. The van der Waals surface area contributed by atoms with Crippen LogP contribution in [0.3, 0.4) is 0 Å². The van der Waals surface area contributed by atoms with Crippen molar-refractivity contribution in [2.75, 3.05) is 0 Å². The van der Waals surface area contributed by atoms with Crippen molar-refractivity contribution < 1.29 is 5.11 Å². The normalized spacial score (nSPS) is 13.2. The summed E-state index contributed by atoms with van der Waals surface area (Å²) in [6, 6.07) is 6.68. The van der Waals surface area contributed by atoms with Crippen LogP contribution in [0.1, 0.15) is 64.2 Å². The van der Waals surface area contributed by atoms with Gasteiger partial charge in [0.05, 0.1) is 5.60 Å². The lowest BCUT2D eigenvalue weighted by Crippen LogP contribution is -2.17. The second kappa shape index (κ2) is 5.92. The molecule has 0 bridgehead atoms. The predicted molar refractivity (Wildman–Crippen MR) is 84.4 cm³/mol. The van der Waals surface area contributed by atoms with Crippen molar-refractivity contribution >= 4 is 6.08 Å². The Morgan fingerprint density at radius 2 is 1.74 bits per heavy atom. The number of aliphatic hydroxyl groups is 1. The maximum absolute atomic E-state index is 9.66. The van der Waals surface area contributed by atoms with Crippen LogP contribution in [-0.4, -0.2) is 10.7 Å². The lowest BCUT2D eigenvalue weighted by Gasteiger charge is -2.20. The first-order chi connectivity index (χ1) is 8.59. The summed E-state index contributed by atoms with van der Waals surface area (Å²) in [6.45, 7) is 12.6. The molecule has 0 unspecified atom stereocenters. The van der Waals surface area contributed by atoms with Crippen molar-refractivity contribution in [2.24, 2.45) is 0 Å². The number of allylic oxidation sites excluding steroid dienone is 1. The zero-order chi connectivity index (χ0) is 14.7. The summed E-state index contributed by atoms with van der Waals surface area (Å²) in [5, 5.41) is 9.66. The largest absolute Gasteiger partial charge is 0.390 e. The molecule has 0 heterocycles. The Morgan fingerprint density at radius 3 is 2.21 bits per heavy atom. The van der Waals surface area contributed by atoms with E-state index in [1.807, 2.05) is 13.8 Å². The maximum atomic E-state index is 9.66. The van der Waals surface area contributed by atoms with Gasteiger partial charge in [0, 0.05) is 0 Å². The van der Waals surface area contributed by atoms with Gasteiger partial charge < -0.3 is 5.11 Å². The molecule has 0 saturated carbocycles. The van der Waals surface area contributed by atoms with Crippen LogP contribution in [0.2, 0.25) is 0 Å². The summed E-state index contributed by atoms with van der Waals surface area (Å²) in [4.78, 5) is 0. The summed E-state index contributed by atoms with van der Waals surface area (Å²) in [5.74, 6) is 0. The maximum Gasteiger partial charge on any atom is 0.0594 e. The molecule has 0 amide bonds. The van der Waals surface area contributed by atoms with Gasteiger partial charge in [0.2, 0.25) is 0 Å². The second-order valence-corrected chi connectivity index (χ2v) is 7.07. The summed E-state index contributed by atoms with van der Waals surface area (Å²) in [6.07, 6.45) is 6.01. The summed E-state index contributed by atoms with van der Waals surface area (Å²) in [7, 11) is 0. The van der Waals surface area contributed by atoms with E-state index in [1.165, 1.54) is 16.7 Å². The van der Waals surface area contributed by atoms with Gasteiger partial charge in [-0.15, -0.1) is 0 Å². The van der Waals surface area contributed by atoms with Gasteiger partial charge in [0.15, 0.2) is 0 Å². The van der Waals surface area contributed by atoms with E-state index in [0.29, 0.717) is 0 Å². The first-order valence-electron chi connectivity index (χ1n) is 7.10. The first-order valence-corrected chi connectivity index (χ1v) is 7.10. The number of hydrogen-bond acceptors (Lipinski definition) is 1. The van der Waals surface area contributed by atoms with E-state index < -0.39 is 5.60 Å². The Kier molecular flexibility index (Phi) is 4.98. The van der Waals surface area contributed by atoms with Gasteiger partial charge in [-0.1, -0.05) is 51.1 Å². The number of hydrogen-bond donors (Lipinski definition) is 1. The van der Waals surface area contributed by atoms with Crippen LogP contribution in [0, 0.1) is 6.92 Å². The van der Waals surface area contributed by atoms with Crippen LogP contribution in [0.4, 0.5) is 0 Å². The van der Waals surface area contributed by atoms with Gasteiger partial charge in [0.1, 0.15) is 0 Å². The van der Waals surface area contributed by atoms with Crippen LogP contribution in [0.5, 0.6) is 0 Å². The van der Waals surface area contributed by atoms with E-state index >= 15 is 0 Å². The zero-order valence-corrected chi connectivity index (χ0v) is 13.2. The Hall–Kier alpha value is -1.08. The molecule has 0 fully saturated rings. The predicted octanol–water partition coefficient (Wildman–Crippen LogP) is 4.86. The minimum absolute atomic E-state index is 0.202. The standard InChI is InChI=1S/C18H28O/c1-14-13-16(17(2,3)4)11-10-15(14)9-7-8-12-18(5,6)19/h7,9-11,13,19H,8,12H2,1-6H3/b9-7+. The molecule has 1 rings (SSSR count). The van der Waals surface area contributed by atoms with Gasteiger partial charge in [-0.25, -0.2) is 0 Å². The smallest absolute Gasteiger partial charge is 0.0594 e. The van der Waals surface area contributed by atoms with Crippen molar-refractivity contribution in [3.8, 4) is 0 Å². The molecule has 0 aliphatic rings. The van der Waals surface area contributed by atoms with Crippen molar-refractivity contribution in [3.63, 3.8) is 0 Å². The van der Waals surface area contributed by atoms with E-state index in [2.05, 4.69) is 58.0 Å². The lowest BCUT2D eigenvalue weighted by atomic mass is 9.85. The third kappa shape index (κ3) is 5.61. The Bertz CT molecular complexity index is 442. The highest BCUT2D eigenvalue weighted by Gasteiger charge is 2.14. The Labute approximate surface area is 118 Å². The van der Waals surface area contributed by atoms with Crippen molar-refractivity contribution in [1.82, 2.24) is 0 Å². The van der Waals surface area contributed by atoms with E-state index in [-0.39, 0.29) is 5.41 Å². The van der Waals surface area contributed by atoms with Crippen LogP contribution in [0.15, 0.2) is 24.3 Å². The number of rotatable bonds is 4. The monoisotopic (exact) mass is 260 g/mol. The van der Waals surface area contributed by atoms with Gasteiger partial charge in [0.25, 0.3) is 0 Å². The minimum Gasteiger partial charge on any atom is -0.390 e. The van der Waals surface area contributed by atoms with Crippen molar-refractivity contribution in [2.45, 2.75) is 65.4 Å². The highest BCUT2D eigenvalue weighted by molar-refractivity contribution is 5.54. The van der Waals surface area contributed by atoms with Crippen LogP contribution >= 0.6 is 0 Å². The molecule has 0 spiro atoms. The van der Waals surface area contributed by atoms with E-state index in [1.54, 1.807) is 0 Å². The molecule has 0 aliphatic carbocycles.